The maximum absolute atomic E-state index is 2.61. The first-order valence-corrected chi connectivity index (χ1v) is 8.28. The molecule has 0 spiro atoms. The van der Waals surface area contributed by atoms with Gasteiger partial charge in [0.2, 0.25) is 0 Å². The van der Waals surface area contributed by atoms with E-state index in [1.165, 1.54) is 16.7 Å². The van der Waals surface area contributed by atoms with E-state index in [1.54, 1.807) is 0 Å². The lowest BCUT2D eigenvalue weighted by atomic mass is 9.98. The average molecular weight is 299 g/mol. The number of hydrogen-bond donors (Lipinski definition) is 0. The molecular weight excluding hydrogens is 278 g/mol. The summed E-state index contributed by atoms with van der Waals surface area (Å²) >= 11 is 0. The molecule has 23 heavy (non-hydrogen) atoms. The van der Waals surface area contributed by atoms with E-state index >= 15 is 0 Å². The summed E-state index contributed by atoms with van der Waals surface area (Å²) in [6.45, 7) is 2.33. The number of rotatable bonds is 4. The van der Waals surface area contributed by atoms with Crippen LogP contribution in [-0.2, 0) is 0 Å². The van der Waals surface area contributed by atoms with Gasteiger partial charge in [0.15, 0.2) is 0 Å². The zero-order valence-electron chi connectivity index (χ0n) is 13.3. The fourth-order valence-electron chi connectivity index (χ4n) is 3.68. The van der Waals surface area contributed by atoms with Crippen LogP contribution in [0.3, 0.4) is 0 Å². The van der Waals surface area contributed by atoms with Crippen molar-refractivity contribution in [1.29, 1.82) is 0 Å². The van der Waals surface area contributed by atoms with Gasteiger partial charge in [-0.1, -0.05) is 91.0 Å². The molecule has 0 aromatic heterocycles. The van der Waals surface area contributed by atoms with Gasteiger partial charge in [0.05, 0.1) is 12.1 Å². The number of hydrogen-bond acceptors (Lipinski definition) is 1. The average Bonchev–Trinajstić information content (AvgIpc) is 3.28. The quantitative estimate of drug-likeness (QED) is 0.597. The van der Waals surface area contributed by atoms with Gasteiger partial charge in [-0.3, -0.25) is 4.90 Å². The largest absolute Gasteiger partial charge is 0.279 e. The Morgan fingerprint density at radius 3 is 1.57 bits per heavy atom. The molecule has 1 aliphatic rings. The second kappa shape index (κ2) is 6.02. The third-order valence-electron chi connectivity index (χ3n) is 4.83. The molecule has 114 valence electrons. The minimum atomic E-state index is 0.317. The minimum absolute atomic E-state index is 0.317. The van der Waals surface area contributed by atoms with Crippen LogP contribution in [0.15, 0.2) is 91.0 Å². The first-order chi connectivity index (χ1) is 11.4. The Kier molecular flexibility index (Phi) is 3.72. The van der Waals surface area contributed by atoms with Gasteiger partial charge in [-0.25, -0.2) is 0 Å². The summed E-state index contributed by atoms with van der Waals surface area (Å²) in [6, 6.07) is 33.9. The topological polar surface area (TPSA) is 3.01 Å². The Hall–Kier alpha value is -2.38. The summed E-state index contributed by atoms with van der Waals surface area (Å²) in [6.07, 6.45) is 0. The number of nitrogens with zero attached hydrogens (tertiary/aromatic N) is 1. The Balaban J connectivity index is 1.73. The summed E-state index contributed by atoms with van der Waals surface area (Å²) in [7, 11) is 0. The molecule has 1 heterocycles. The molecule has 0 amide bonds. The molecule has 1 unspecified atom stereocenters. The molecule has 1 fully saturated rings. The van der Waals surface area contributed by atoms with Crippen molar-refractivity contribution in [2.24, 2.45) is 0 Å². The predicted octanol–water partition coefficient (Wildman–Crippen LogP) is 5.22. The van der Waals surface area contributed by atoms with Crippen LogP contribution < -0.4 is 0 Å². The van der Waals surface area contributed by atoms with E-state index < -0.39 is 0 Å². The third-order valence-corrected chi connectivity index (χ3v) is 4.83. The van der Waals surface area contributed by atoms with Gasteiger partial charge in [-0.15, -0.1) is 0 Å². The van der Waals surface area contributed by atoms with Crippen molar-refractivity contribution in [3.05, 3.63) is 108 Å². The molecule has 0 bridgehead atoms. The highest BCUT2D eigenvalue weighted by Crippen LogP contribution is 2.51. The number of benzene rings is 3. The molecule has 1 nitrogen and oxygen atoms in total. The molecule has 1 heteroatoms. The van der Waals surface area contributed by atoms with Gasteiger partial charge in [-0.05, 0) is 23.6 Å². The SMILES string of the molecule is C[C@H]1[C@@H](c2ccccc2)N1C(c1ccccc1)c1ccccc1. The molecule has 4 rings (SSSR count). The first kappa shape index (κ1) is 14.2. The van der Waals surface area contributed by atoms with Crippen molar-refractivity contribution in [1.82, 2.24) is 4.90 Å². The van der Waals surface area contributed by atoms with Crippen LogP contribution in [0.5, 0.6) is 0 Å². The zero-order chi connectivity index (χ0) is 15.6. The molecule has 3 aromatic carbocycles. The highest BCUT2D eigenvalue weighted by Gasteiger charge is 2.49. The molecule has 0 N–H and O–H groups in total. The Morgan fingerprint density at radius 1 is 0.652 bits per heavy atom. The molecule has 3 aromatic rings. The van der Waals surface area contributed by atoms with Gasteiger partial charge >= 0.3 is 0 Å². The second-order valence-electron chi connectivity index (χ2n) is 6.27. The van der Waals surface area contributed by atoms with Crippen molar-refractivity contribution in [3.63, 3.8) is 0 Å². The summed E-state index contributed by atoms with van der Waals surface area (Å²) in [5.41, 5.74) is 4.14. The third kappa shape index (κ3) is 2.69. The predicted molar refractivity (Wildman–Crippen MR) is 95.2 cm³/mol. The fourth-order valence-corrected chi connectivity index (χ4v) is 3.68. The molecule has 1 saturated heterocycles. The van der Waals surface area contributed by atoms with Crippen molar-refractivity contribution < 1.29 is 0 Å². The summed E-state index contributed by atoms with van der Waals surface area (Å²) in [5.74, 6) is 0. The first-order valence-electron chi connectivity index (χ1n) is 8.28. The van der Waals surface area contributed by atoms with E-state index in [9.17, 15) is 0 Å². The molecule has 1 aliphatic heterocycles. The maximum Gasteiger partial charge on any atom is 0.0611 e. The smallest absolute Gasteiger partial charge is 0.0611 e. The van der Waals surface area contributed by atoms with Crippen LogP contribution >= 0.6 is 0 Å². The zero-order valence-corrected chi connectivity index (χ0v) is 13.3. The molecule has 0 radical (unpaired) electrons. The summed E-state index contributed by atoms with van der Waals surface area (Å²) < 4.78 is 0. The van der Waals surface area contributed by atoms with Crippen LogP contribution in [0.1, 0.15) is 35.7 Å². The van der Waals surface area contributed by atoms with Gasteiger partial charge in [0.25, 0.3) is 0 Å². The van der Waals surface area contributed by atoms with E-state index in [4.69, 9.17) is 0 Å². The van der Waals surface area contributed by atoms with E-state index in [-0.39, 0.29) is 0 Å². The Bertz CT molecular complexity index is 712. The second-order valence-corrected chi connectivity index (χ2v) is 6.27. The van der Waals surface area contributed by atoms with E-state index in [2.05, 4.69) is 103 Å². The van der Waals surface area contributed by atoms with E-state index in [0.717, 1.165) is 0 Å². The molecular formula is C22H21N. The van der Waals surface area contributed by atoms with Crippen LogP contribution in [0, 0.1) is 0 Å². The molecule has 0 aliphatic carbocycles. The highest BCUT2D eigenvalue weighted by atomic mass is 15.4. The molecule has 0 saturated carbocycles. The van der Waals surface area contributed by atoms with Crippen LogP contribution in [0.25, 0.3) is 0 Å². The lowest BCUT2D eigenvalue weighted by molar-refractivity contribution is 0.414. The van der Waals surface area contributed by atoms with Gasteiger partial charge in [0, 0.05) is 6.04 Å². The van der Waals surface area contributed by atoms with Crippen molar-refractivity contribution in [3.8, 4) is 0 Å². The highest BCUT2D eigenvalue weighted by molar-refractivity contribution is 5.37. The van der Waals surface area contributed by atoms with E-state index in [0.29, 0.717) is 18.1 Å². The van der Waals surface area contributed by atoms with Gasteiger partial charge < -0.3 is 0 Å². The Morgan fingerprint density at radius 2 is 1.09 bits per heavy atom. The fraction of sp³-hybridized carbons (Fsp3) is 0.182. The lowest BCUT2D eigenvalue weighted by Crippen LogP contribution is -2.13. The molecule has 3 atom stereocenters. The summed E-state index contributed by atoms with van der Waals surface area (Å²) in [5, 5.41) is 0. The van der Waals surface area contributed by atoms with Crippen molar-refractivity contribution in [2.75, 3.05) is 0 Å². The normalized spacial score (nSPS) is 23.0. The van der Waals surface area contributed by atoms with Gasteiger partial charge in [0.1, 0.15) is 0 Å². The summed E-state index contributed by atoms with van der Waals surface area (Å²) in [4.78, 5) is 2.61. The van der Waals surface area contributed by atoms with Crippen molar-refractivity contribution in [2.45, 2.75) is 25.0 Å². The van der Waals surface area contributed by atoms with Crippen LogP contribution in [0.2, 0.25) is 0 Å². The van der Waals surface area contributed by atoms with Crippen LogP contribution in [-0.4, -0.2) is 10.9 Å². The standard InChI is InChI=1S/C22H21N/c1-17-21(18-11-5-2-6-12-18)23(17)22(19-13-7-3-8-14-19)20-15-9-4-10-16-20/h2-17,21-22H,1H3/t17-,21-,23?/m0/s1. The van der Waals surface area contributed by atoms with E-state index in [1.807, 2.05) is 0 Å². The minimum Gasteiger partial charge on any atom is -0.279 e. The Labute approximate surface area is 138 Å². The lowest BCUT2D eigenvalue weighted by Gasteiger charge is -2.21. The maximum atomic E-state index is 2.61. The van der Waals surface area contributed by atoms with Crippen LogP contribution in [0.4, 0.5) is 0 Å². The monoisotopic (exact) mass is 299 g/mol. The van der Waals surface area contributed by atoms with Gasteiger partial charge in [-0.2, -0.15) is 0 Å². The van der Waals surface area contributed by atoms with Crippen molar-refractivity contribution >= 4 is 0 Å².